The van der Waals surface area contributed by atoms with Gasteiger partial charge in [0.1, 0.15) is 0 Å². The Morgan fingerprint density at radius 1 is 1.30 bits per heavy atom. The number of amides is 1. The minimum Gasteiger partial charge on any atom is -0.369 e. The smallest absolute Gasteiger partial charge is 0.251 e. The van der Waals surface area contributed by atoms with Gasteiger partial charge in [-0.25, -0.2) is 0 Å². The number of hydrogen-bond acceptors (Lipinski definition) is 3. The Kier molecular flexibility index (Phi) is 4.58. The minimum atomic E-state index is -0.0814. The van der Waals surface area contributed by atoms with Crippen molar-refractivity contribution in [3.05, 3.63) is 58.9 Å². The number of halogens is 1. The molecule has 0 aliphatic carbocycles. The summed E-state index contributed by atoms with van der Waals surface area (Å²) in [5, 5.41) is 3.22. The van der Waals surface area contributed by atoms with Gasteiger partial charge in [-0.2, -0.15) is 0 Å². The summed E-state index contributed by atoms with van der Waals surface area (Å²) in [5.41, 5.74) is 2.69. The molecule has 0 fully saturated rings. The van der Waals surface area contributed by atoms with E-state index in [4.69, 9.17) is 11.6 Å². The van der Waals surface area contributed by atoms with Gasteiger partial charge in [-0.05, 0) is 23.8 Å². The van der Waals surface area contributed by atoms with Gasteiger partial charge in [0.2, 0.25) is 0 Å². The molecule has 1 aromatic heterocycles. The fraction of sp³-hybridized carbons (Fsp3) is 0.200. The molecule has 1 N–H and O–H groups in total. The first-order valence-corrected chi connectivity index (χ1v) is 6.61. The summed E-state index contributed by atoms with van der Waals surface area (Å²) in [6.07, 6.45) is 3.34. The van der Waals surface area contributed by atoms with Crippen LogP contribution in [0.5, 0.6) is 0 Å². The molecule has 0 radical (unpaired) electrons. The fourth-order valence-corrected chi connectivity index (χ4v) is 2.21. The number of anilines is 1. The van der Waals surface area contributed by atoms with Gasteiger partial charge in [0.15, 0.2) is 0 Å². The van der Waals surface area contributed by atoms with Crippen LogP contribution in [0.4, 0.5) is 5.69 Å². The Labute approximate surface area is 123 Å². The van der Waals surface area contributed by atoms with Crippen molar-refractivity contribution >= 4 is 23.2 Å². The van der Waals surface area contributed by atoms with E-state index < -0.39 is 0 Å². The average molecular weight is 290 g/mol. The van der Waals surface area contributed by atoms with E-state index >= 15 is 0 Å². The van der Waals surface area contributed by atoms with E-state index in [1.807, 2.05) is 42.3 Å². The second kappa shape index (κ2) is 6.39. The standard InChI is InChI=1S/C15H16ClN3O/c1-17-15(20)12-5-3-11(4-6-12)10-19(2)14-7-8-18-9-13(14)16/h3-9H,10H2,1-2H3,(H,17,20). The number of benzene rings is 1. The van der Waals surface area contributed by atoms with Crippen molar-refractivity contribution in [3.8, 4) is 0 Å². The minimum absolute atomic E-state index is 0.0814. The summed E-state index contributed by atoms with van der Waals surface area (Å²) in [6.45, 7) is 0.706. The second-order valence-corrected chi connectivity index (χ2v) is 4.87. The number of nitrogens with one attached hydrogen (secondary N) is 1. The highest BCUT2D eigenvalue weighted by Gasteiger charge is 2.07. The molecule has 104 valence electrons. The highest BCUT2D eigenvalue weighted by atomic mass is 35.5. The van der Waals surface area contributed by atoms with Crippen molar-refractivity contribution in [3.63, 3.8) is 0 Å². The number of pyridine rings is 1. The molecule has 20 heavy (non-hydrogen) atoms. The summed E-state index contributed by atoms with van der Waals surface area (Å²) in [7, 11) is 3.59. The van der Waals surface area contributed by atoms with Crippen LogP contribution in [0.2, 0.25) is 5.02 Å². The third-order valence-corrected chi connectivity index (χ3v) is 3.32. The van der Waals surface area contributed by atoms with Crippen molar-refractivity contribution in [2.24, 2.45) is 0 Å². The van der Waals surface area contributed by atoms with Crippen molar-refractivity contribution in [1.29, 1.82) is 0 Å². The van der Waals surface area contributed by atoms with Crippen molar-refractivity contribution < 1.29 is 4.79 Å². The molecule has 1 aromatic carbocycles. The van der Waals surface area contributed by atoms with Gasteiger partial charge in [0.05, 0.1) is 10.7 Å². The number of aromatic nitrogens is 1. The Morgan fingerprint density at radius 3 is 2.60 bits per heavy atom. The summed E-state index contributed by atoms with van der Waals surface area (Å²) in [6, 6.07) is 9.39. The lowest BCUT2D eigenvalue weighted by molar-refractivity contribution is 0.0963. The van der Waals surface area contributed by atoms with Crippen LogP contribution in [0.1, 0.15) is 15.9 Å². The van der Waals surface area contributed by atoms with E-state index in [1.54, 1.807) is 19.4 Å². The third kappa shape index (κ3) is 3.27. The van der Waals surface area contributed by atoms with Crippen LogP contribution < -0.4 is 10.2 Å². The highest BCUT2D eigenvalue weighted by Crippen LogP contribution is 2.24. The first-order chi connectivity index (χ1) is 9.61. The molecule has 1 amide bonds. The Bertz CT molecular complexity index is 598. The van der Waals surface area contributed by atoms with Gasteiger partial charge in [-0.3, -0.25) is 9.78 Å². The van der Waals surface area contributed by atoms with E-state index in [1.165, 1.54) is 0 Å². The zero-order chi connectivity index (χ0) is 14.5. The van der Waals surface area contributed by atoms with Gasteiger partial charge in [0, 0.05) is 38.6 Å². The molecule has 4 nitrogen and oxygen atoms in total. The van der Waals surface area contributed by atoms with Crippen LogP contribution in [0.25, 0.3) is 0 Å². The maximum absolute atomic E-state index is 11.5. The molecule has 1 heterocycles. The largest absolute Gasteiger partial charge is 0.369 e. The summed E-state index contributed by atoms with van der Waals surface area (Å²) < 4.78 is 0. The van der Waals surface area contributed by atoms with Gasteiger partial charge in [0.25, 0.3) is 5.91 Å². The Morgan fingerprint density at radius 2 is 2.00 bits per heavy atom. The van der Waals surface area contributed by atoms with Crippen LogP contribution in [0.3, 0.4) is 0 Å². The molecule has 0 unspecified atom stereocenters. The molecule has 0 aliphatic rings. The zero-order valence-corrected chi connectivity index (χ0v) is 12.2. The zero-order valence-electron chi connectivity index (χ0n) is 11.4. The number of carbonyl (C=O) groups is 1. The second-order valence-electron chi connectivity index (χ2n) is 4.46. The van der Waals surface area contributed by atoms with E-state index in [2.05, 4.69) is 10.3 Å². The van der Waals surface area contributed by atoms with Gasteiger partial charge in [-0.1, -0.05) is 23.7 Å². The summed E-state index contributed by atoms with van der Waals surface area (Å²) >= 11 is 6.11. The lowest BCUT2D eigenvalue weighted by Gasteiger charge is -2.20. The van der Waals surface area contributed by atoms with Crippen LogP contribution in [0, 0.1) is 0 Å². The number of rotatable bonds is 4. The lowest BCUT2D eigenvalue weighted by Crippen LogP contribution is -2.19. The molecule has 2 aromatic rings. The Hall–Kier alpha value is -2.07. The fourth-order valence-electron chi connectivity index (χ4n) is 1.94. The van der Waals surface area contributed by atoms with E-state index in [0.29, 0.717) is 17.1 Å². The topological polar surface area (TPSA) is 45.2 Å². The van der Waals surface area contributed by atoms with Crippen LogP contribution >= 0.6 is 11.6 Å². The molecule has 0 saturated heterocycles. The number of carbonyl (C=O) groups excluding carboxylic acids is 1. The molecule has 0 atom stereocenters. The Balaban J connectivity index is 2.10. The summed E-state index contributed by atoms with van der Waals surface area (Å²) in [4.78, 5) is 17.5. The predicted octanol–water partition coefficient (Wildman–Crippen LogP) is 2.73. The monoisotopic (exact) mass is 289 g/mol. The molecule has 0 bridgehead atoms. The first kappa shape index (κ1) is 14.3. The van der Waals surface area contributed by atoms with Crippen molar-refractivity contribution in [2.75, 3.05) is 19.0 Å². The molecule has 0 saturated carbocycles. The van der Waals surface area contributed by atoms with Gasteiger partial charge < -0.3 is 10.2 Å². The van der Waals surface area contributed by atoms with E-state index in [-0.39, 0.29) is 5.91 Å². The molecule has 2 rings (SSSR count). The molecular formula is C15H16ClN3O. The first-order valence-electron chi connectivity index (χ1n) is 6.23. The quantitative estimate of drug-likeness (QED) is 0.941. The van der Waals surface area contributed by atoms with Gasteiger partial charge >= 0.3 is 0 Å². The average Bonchev–Trinajstić information content (AvgIpc) is 2.47. The third-order valence-electron chi connectivity index (χ3n) is 3.03. The lowest BCUT2D eigenvalue weighted by atomic mass is 10.1. The van der Waals surface area contributed by atoms with Crippen LogP contribution in [-0.2, 0) is 6.54 Å². The molecule has 5 heteroatoms. The van der Waals surface area contributed by atoms with Gasteiger partial charge in [-0.15, -0.1) is 0 Å². The van der Waals surface area contributed by atoms with E-state index in [0.717, 1.165) is 11.3 Å². The van der Waals surface area contributed by atoms with Crippen molar-refractivity contribution in [2.45, 2.75) is 6.54 Å². The molecular weight excluding hydrogens is 274 g/mol. The molecule has 0 aliphatic heterocycles. The maximum Gasteiger partial charge on any atom is 0.251 e. The maximum atomic E-state index is 11.5. The highest BCUT2D eigenvalue weighted by molar-refractivity contribution is 6.33. The normalized spacial score (nSPS) is 10.2. The van der Waals surface area contributed by atoms with Crippen LogP contribution in [0.15, 0.2) is 42.7 Å². The number of nitrogens with zero attached hydrogens (tertiary/aromatic N) is 2. The molecule has 0 spiro atoms. The number of hydrogen-bond donors (Lipinski definition) is 1. The SMILES string of the molecule is CNC(=O)c1ccc(CN(C)c2ccncc2Cl)cc1. The summed E-state index contributed by atoms with van der Waals surface area (Å²) in [5.74, 6) is -0.0814. The van der Waals surface area contributed by atoms with E-state index in [9.17, 15) is 4.79 Å². The van der Waals surface area contributed by atoms with Crippen molar-refractivity contribution in [1.82, 2.24) is 10.3 Å². The predicted molar refractivity (Wildman–Crippen MR) is 81.2 cm³/mol. The van der Waals surface area contributed by atoms with Crippen LogP contribution in [-0.4, -0.2) is 25.0 Å².